The van der Waals surface area contributed by atoms with Crippen LogP contribution in [0.3, 0.4) is 0 Å². The summed E-state index contributed by atoms with van der Waals surface area (Å²) in [5.41, 5.74) is 10.2. The first-order valence-corrected chi connectivity index (χ1v) is 11.3. The van der Waals surface area contributed by atoms with Gasteiger partial charge in [-0.05, 0) is 42.5 Å². The third-order valence-corrected chi connectivity index (χ3v) is 5.67. The molecular formula is C28H19ClN4O2. The Morgan fingerprint density at radius 2 is 1.06 bits per heavy atom. The smallest absolute Gasteiger partial charge is 0.267 e. The van der Waals surface area contributed by atoms with E-state index in [1.807, 2.05) is 60.7 Å². The molecule has 7 heteroatoms. The van der Waals surface area contributed by atoms with Crippen LogP contribution in [-0.2, 0) is 0 Å². The maximum absolute atomic E-state index is 12.7. The van der Waals surface area contributed by atoms with E-state index in [0.29, 0.717) is 27.2 Å². The number of nitrogens with zero attached hydrogens (tertiary/aromatic N) is 2. The predicted octanol–water partition coefficient (Wildman–Crippen LogP) is 5.69. The second-order valence-corrected chi connectivity index (χ2v) is 8.21. The number of aromatic nitrogens is 2. The number of hydrogen-bond acceptors (Lipinski definition) is 4. The van der Waals surface area contributed by atoms with Crippen molar-refractivity contribution in [3.05, 3.63) is 119 Å². The molecular weight excluding hydrogens is 460 g/mol. The van der Waals surface area contributed by atoms with E-state index in [9.17, 15) is 9.59 Å². The minimum Gasteiger partial charge on any atom is -0.267 e. The number of hydrogen-bond donors (Lipinski definition) is 2. The molecule has 0 saturated carbocycles. The Morgan fingerprint density at radius 3 is 1.63 bits per heavy atom. The van der Waals surface area contributed by atoms with Crippen molar-refractivity contribution in [2.75, 3.05) is 0 Å². The molecule has 4 aromatic carbocycles. The molecule has 0 atom stereocenters. The molecule has 6 nitrogen and oxygen atoms in total. The second-order valence-electron chi connectivity index (χ2n) is 7.77. The average molecular weight is 479 g/mol. The SMILES string of the molecule is O=C(NNC(=O)c1ccc2nc(-c3ccccc3)c(-c3ccccc3)nc2c1)c1ccc(Cl)cc1. The highest BCUT2D eigenvalue weighted by atomic mass is 35.5. The van der Waals surface area contributed by atoms with Crippen LogP contribution in [-0.4, -0.2) is 21.8 Å². The molecule has 5 rings (SSSR count). The molecule has 35 heavy (non-hydrogen) atoms. The maximum atomic E-state index is 12.7. The van der Waals surface area contributed by atoms with Gasteiger partial charge in [0.05, 0.1) is 22.4 Å². The fourth-order valence-corrected chi connectivity index (χ4v) is 3.78. The lowest BCUT2D eigenvalue weighted by Crippen LogP contribution is -2.41. The van der Waals surface area contributed by atoms with Crippen molar-refractivity contribution in [3.63, 3.8) is 0 Å². The van der Waals surface area contributed by atoms with Crippen LogP contribution in [0.2, 0.25) is 5.02 Å². The Bertz CT molecular complexity index is 1520. The van der Waals surface area contributed by atoms with Gasteiger partial charge in [-0.1, -0.05) is 72.3 Å². The Hall–Kier alpha value is -4.55. The van der Waals surface area contributed by atoms with E-state index in [1.54, 1.807) is 42.5 Å². The van der Waals surface area contributed by atoms with Crippen LogP contribution in [0, 0.1) is 0 Å². The van der Waals surface area contributed by atoms with E-state index in [1.165, 1.54) is 0 Å². The van der Waals surface area contributed by atoms with Gasteiger partial charge < -0.3 is 0 Å². The van der Waals surface area contributed by atoms with E-state index < -0.39 is 11.8 Å². The molecule has 5 aromatic rings. The first-order valence-electron chi connectivity index (χ1n) is 10.9. The number of nitrogens with one attached hydrogen (secondary N) is 2. The van der Waals surface area contributed by atoms with Gasteiger partial charge in [0.1, 0.15) is 0 Å². The van der Waals surface area contributed by atoms with Gasteiger partial charge in [0.15, 0.2) is 0 Å². The summed E-state index contributed by atoms with van der Waals surface area (Å²) in [4.78, 5) is 34.8. The molecule has 1 heterocycles. The van der Waals surface area contributed by atoms with Gasteiger partial charge in [-0.15, -0.1) is 0 Å². The van der Waals surface area contributed by atoms with Crippen LogP contribution in [0.15, 0.2) is 103 Å². The first-order chi connectivity index (χ1) is 17.1. The number of hydrazine groups is 1. The van der Waals surface area contributed by atoms with Gasteiger partial charge in [-0.2, -0.15) is 0 Å². The normalized spacial score (nSPS) is 10.7. The fourth-order valence-electron chi connectivity index (χ4n) is 3.65. The molecule has 1 aromatic heterocycles. The monoisotopic (exact) mass is 478 g/mol. The minimum absolute atomic E-state index is 0.342. The predicted molar refractivity (Wildman–Crippen MR) is 137 cm³/mol. The number of rotatable bonds is 4. The van der Waals surface area contributed by atoms with Crippen molar-refractivity contribution in [1.29, 1.82) is 0 Å². The van der Waals surface area contributed by atoms with Crippen LogP contribution in [0.1, 0.15) is 20.7 Å². The summed E-state index contributed by atoms with van der Waals surface area (Å²) in [6.45, 7) is 0. The van der Waals surface area contributed by atoms with Gasteiger partial charge in [0.25, 0.3) is 11.8 Å². The number of halogens is 1. The molecule has 0 aliphatic carbocycles. The van der Waals surface area contributed by atoms with Crippen molar-refractivity contribution in [2.45, 2.75) is 0 Å². The van der Waals surface area contributed by atoms with Crippen molar-refractivity contribution in [2.24, 2.45) is 0 Å². The third-order valence-electron chi connectivity index (χ3n) is 5.42. The summed E-state index contributed by atoms with van der Waals surface area (Å²) in [6, 6.07) is 31.1. The quantitative estimate of drug-likeness (QED) is 0.325. The zero-order chi connectivity index (χ0) is 24.2. The lowest BCUT2D eigenvalue weighted by atomic mass is 10.0. The van der Waals surface area contributed by atoms with Crippen LogP contribution in [0.25, 0.3) is 33.5 Å². The zero-order valence-electron chi connectivity index (χ0n) is 18.4. The number of carbonyl (C=O) groups excluding carboxylic acids is 2. The van der Waals surface area contributed by atoms with Gasteiger partial charge in [0.2, 0.25) is 0 Å². The molecule has 2 amide bonds. The molecule has 0 saturated heterocycles. The zero-order valence-corrected chi connectivity index (χ0v) is 19.2. The van der Waals surface area contributed by atoms with E-state index >= 15 is 0 Å². The van der Waals surface area contributed by atoms with Crippen molar-refractivity contribution >= 4 is 34.4 Å². The highest BCUT2D eigenvalue weighted by molar-refractivity contribution is 6.30. The van der Waals surface area contributed by atoms with Crippen molar-refractivity contribution in [1.82, 2.24) is 20.8 Å². The molecule has 2 N–H and O–H groups in total. The molecule has 0 fully saturated rings. The largest absolute Gasteiger partial charge is 0.269 e. The third kappa shape index (κ3) is 4.88. The van der Waals surface area contributed by atoms with Crippen LogP contribution < -0.4 is 10.9 Å². The van der Waals surface area contributed by atoms with E-state index in [2.05, 4.69) is 10.9 Å². The molecule has 0 aliphatic rings. The summed E-state index contributed by atoms with van der Waals surface area (Å²) in [7, 11) is 0. The van der Waals surface area contributed by atoms with Crippen LogP contribution >= 0.6 is 11.6 Å². The first kappa shape index (κ1) is 22.3. The Kier molecular flexibility index (Phi) is 6.20. The van der Waals surface area contributed by atoms with Gasteiger partial charge in [0, 0.05) is 27.3 Å². The van der Waals surface area contributed by atoms with E-state index in [4.69, 9.17) is 21.6 Å². The highest BCUT2D eigenvalue weighted by Gasteiger charge is 2.15. The number of benzene rings is 4. The van der Waals surface area contributed by atoms with Crippen molar-refractivity contribution < 1.29 is 9.59 Å². The van der Waals surface area contributed by atoms with E-state index in [0.717, 1.165) is 22.5 Å². The Labute approximate surface area is 206 Å². The molecule has 0 aliphatic heterocycles. The Balaban J connectivity index is 1.46. The van der Waals surface area contributed by atoms with Crippen LogP contribution in [0.5, 0.6) is 0 Å². The fraction of sp³-hybridized carbons (Fsp3) is 0. The molecule has 0 bridgehead atoms. The minimum atomic E-state index is -0.468. The number of fused-ring (bicyclic) bond motifs is 1. The molecule has 0 unspecified atom stereocenters. The molecule has 170 valence electrons. The highest BCUT2D eigenvalue weighted by Crippen LogP contribution is 2.31. The lowest BCUT2D eigenvalue weighted by molar-refractivity contribution is 0.0847. The topological polar surface area (TPSA) is 84.0 Å². The second kappa shape index (κ2) is 9.75. The summed E-state index contributed by atoms with van der Waals surface area (Å²) in [5.74, 6) is -0.918. The molecule has 0 spiro atoms. The van der Waals surface area contributed by atoms with E-state index in [-0.39, 0.29) is 0 Å². The summed E-state index contributed by atoms with van der Waals surface area (Å²) in [6.07, 6.45) is 0. The maximum Gasteiger partial charge on any atom is 0.269 e. The lowest BCUT2D eigenvalue weighted by Gasteiger charge is -2.12. The summed E-state index contributed by atoms with van der Waals surface area (Å²) >= 11 is 5.85. The Morgan fingerprint density at radius 1 is 0.571 bits per heavy atom. The summed E-state index contributed by atoms with van der Waals surface area (Å²) < 4.78 is 0. The number of carbonyl (C=O) groups is 2. The number of amides is 2. The van der Waals surface area contributed by atoms with Crippen LogP contribution in [0.4, 0.5) is 0 Å². The van der Waals surface area contributed by atoms with Crippen molar-refractivity contribution in [3.8, 4) is 22.5 Å². The average Bonchev–Trinajstić information content (AvgIpc) is 2.92. The summed E-state index contributed by atoms with van der Waals surface area (Å²) in [5, 5.41) is 0.521. The van der Waals surface area contributed by atoms with Gasteiger partial charge in [-0.25, -0.2) is 9.97 Å². The standard InChI is InChI=1S/C28H19ClN4O2/c29-22-14-11-20(12-15-22)27(34)32-33-28(35)21-13-16-23-24(17-21)31-26(19-9-5-2-6-10-19)25(30-23)18-7-3-1-4-8-18/h1-17H,(H,32,34)(H,33,35). The molecule has 0 radical (unpaired) electrons. The van der Waals surface area contributed by atoms with Gasteiger partial charge in [-0.3, -0.25) is 20.4 Å². The van der Waals surface area contributed by atoms with Gasteiger partial charge >= 0.3 is 0 Å².